The molecule has 0 spiro atoms. The van der Waals surface area contributed by atoms with Gasteiger partial charge in [-0.05, 0) is 77.4 Å². The van der Waals surface area contributed by atoms with Crippen LogP contribution in [0, 0.1) is 6.92 Å². The van der Waals surface area contributed by atoms with Crippen molar-refractivity contribution in [2.45, 2.75) is 6.92 Å². The number of nitrogens with zero attached hydrogens (tertiary/aromatic N) is 2. The Kier molecular flexibility index (Phi) is 5.46. The fraction of sp³-hybridized carbons (Fsp3) is 0.0270. The summed E-state index contributed by atoms with van der Waals surface area (Å²) in [5.74, 6) is 1.62. The van der Waals surface area contributed by atoms with Crippen LogP contribution in [0.2, 0.25) is 0 Å². The van der Waals surface area contributed by atoms with Crippen LogP contribution in [0.3, 0.4) is 0 Å². The maximum Gasteiger partial charge on any atom is 0.252 e. The third kappa shape index (κ3) is 3.83. The Labute approximate surface area is 241 Å². The average molecular weight is 526 g/mol. The molecule has 3 nitrogen and oxygen atoms in total. The van der Waals surface area contributed by atoms with E-state index in [1.165, 1.54) is 33.3 Å². The van der Waals surface area contributed by atoms with Crippen molar-refractivity contribution >= 4 is 57.2 Å². The molecule has 6 aromatic rings. The van der Waals surface area contributed by atoms with E-state index in [1.807, 2.05) is 30.3 Å². The summed E-state index contributed by atoms with van der Waals surface area (Å²) in [4.78, 5) is 4.80. The Morgan fingerprint density at radius 1 is 0.463 bits per heavy atom. The number of fused-ring (bicyclic) bond motifs is 4. The molecule has 2 heterocycles. The fourth-order valence-electron chi connectivity index (χ4n) is 6.42. The van der Waals surface area contributed by atoms with Gasteiger partial charge in [0.15, 0.2) is 0 Å². The van der Waals surface area contributed by atoms with Gasteiger partial charge in [-0.15, -0.1) is 0 Å². The Balaban J connectivity index is 1.47. The van der Waals surface area contributed by atoms with Crippen LogP contribution < -0.4 is 30.9 Å². The summed E-state index contributed by atoms with van der Waals surface area (Å²) < 4.78 is 6.56. The van der Waals surface area contributed by atoms with E-state index < -0.39 is 0 Å². The average Bonchev–Trinajstić information content (AvgIpc) is 3.02. The van der Waals surface area contributed by atoms with Crippen molar-refractivity contribution in [2.24, 2.45) is 0 Å². The lowest BCUT2D eigenvalue weighted by atomic mass is 9.33. The molecule has 0 aromatic heterocycles. The Hall–Kier alpha value is -5.22. The third-order valence-electron chi connectivity index (χ3n) is 8.11. The van der Waals surface area contributed by atoms with Gasteiger partial charge < -0.3 is 14.5 Å². The molecule has 0 unspecified atom stereocenters. The van der Waals surface area contributed by atoms with E-state index in [9.17, 15) is 0 Å². The van der Waals surface area contributed by atoms with Crippen LogP contribution >= 0.6 is 0 Å². The Morgan fingerprint density at radius 2 is 1.00 bits per heavy atom. The van der Waals surface area contributed by atoms with E-state index in [4.69, 9.17) is 4.74 Å². The molecule has 0 radical (unpaired) electrons. The molecule has 0 atom stereocenters. The molecule has 0 fully saturated rings. The molecule has 2 aliphatic heterocycles. The normalized spacial score (nSPS) is 12.9. The van der Waals surface area contributed by atoms with Gasteiger partial charge >= 0.3 is 0 Å². The molecule has 0 N–H and O–H groups in total. The summed E-state index contributed by atoms with van der Waals surface area (Å²) in [6, 6.07) is 51.5. The minimum atomic E-state index is 0.0949. The quantitative estimate of drug-likeness (QED) is 0.217. The van der Waals surface area contributed by atoms with Gasteiger partial charge in [-0.1, -0.05) is 84.9 Å². The summed E-state index contributed by atoms with van der Waals surface area (Å²) in [5.41, 5.74) is 12.1. The first-order chi connectivity index (χ1) is 20.3. The second-order valence-electron chi connectivity index (χ2n) is 10.7. The molecular formula is C37H27BN2O. The Bertz CT molecular complexity index is 1890. The lowest BCUT2D eigenvalue weighted by Crippen LogP contribution is -2.61. The third-order valence-corrected chi connectivity index (χ3v) is 8.11. The van der Waals surface area contributed by atoms with Crippen LogP contribution in [0.25, 0.3) is 0 Å². The van der Waals surface area contributed by atoms with Crippen LogP contribution in [0.15, 0.2) is 146 Å². The molecule has 0 bridgehead atoms. The van der Waals surface area contributed by atoms with Gasteiger partial charge in [0.25, 0.3) is 6.71 Å². The lowest BCUT2D eigenvalue weighted by molar-refractivity contribution is 0.483. The molecule has 0 saturated carbocycles. The second kappa shape index (κ2) is 9.46. The van der Waals surface area contributed by atoms with Crippen LogP contribution in [0.5, 0.6) is 11.5 Å². The number of anilines is 6. The van der Waals surface area contributed by atoms with Crippen LogP contribution in [0.1, 0.15) is 5.56 Å². The van der Waals surface area contributed by atoms with E-state index in [2.05, 4.69) is 132 Å². The van der Waals surface area contributed by atoms with Gasteiger partial charge in [0.05, 0.1) is 0 Å². The summed E-state index contributed by atoms with van der Waals surface area (Å²) >= 11 is 0. The molecule has 4 heteroatoms. The van der Waals surface area contributed by atoms with E-state index >= 15 is 0 Å². The molecule has 41 heavy (non-hydrogen) atoms. The molecule has 2 aliphatic rings. The summed E-state index contributed by atoms with van der Waals surface area (Å²) in [6.45, 7) is 2.27. The van der Waals surface area contributed by atoms with Crippen molar-refractivity contribution in [1.82, 2.24) is 0 Å². The maximum atomic E-state index is 6.56. The number of aryl methyl sites for hydroxylation is 1. The van der Waals surface area contributed by atoms with Crippen molar-refractivity contribution in [3.8, 4) is 11.5 Å². The van der Waals surface area contributed by atoms with Crippen molar-refractivity contribution in [3.05, 3.63) is 151 Å². The highest BCUT2D eigenvalue weighted by molar-refractivity contribution is 7.00. The standard InChI is InChI=1S/C37H27BN2O/c1-26-21-22-32-34(23-26)40(28-15-7-3-8-16-28)36-25-30(41-29-17-9-4-10-18-29)24-35-37(36)38(32)31-19-11-12-20-33(31)39(35)27-13-5-2-6-14-27/h2-25H,1H3. The van der Waals surface area contributed by atoms with Gasteiger partial charge in [-0.2, -0.15) is 0 Å². The number of rotatable bonds is 4. The number of hydrogen-bond acceptors (Lipinski definition) is 3. The molecule has 6 aromatic carbocycles. The highest BCUT2D eigenvalue weighted by atomic mass is 16.5. The van der Waals surface area contributed by atoms with Crippen molar-refractivity contribution in [3.63, 3.8) is 0 Å². The maximum absolute atomic E-state index is 6.56. The van der Waals surface area contributed by atoms with Gasteiger partial charge in [0, 0.05) is 46.3 Å². The largest absolute Gasteiger partial charge is 0.457 e. The predicted molar refractivity (Wildman–Crippen MR) is 172 cm³/mol. The topological polar surface area (TPSA) is 15.7 Å². The molecule has 0 amide bonds. The van der Waals surface area contributed by atoms with Crippen molar-refractivity contribution in [2.75, 3.05) is 9.80 Å². The summed E-state index contributed by atoms with van der Waals surface area (Å²) in [6.07, 6.45) is 0. The van der Waals surface area contributed by atoms with E-state index in [1.54, 1.807) is 0 Å². The number of hydrogen-bond donors (Lipinski definition) is 0. The zero-order chi connectivity index (χ0) is 27.3. The zero-order valence-corrected chi connectivity index (χ0v) is 22.7. The van der Waals surface area contributed by atoms with E-state index in [0.717, 1.165) is 34.2 Å². The molecule has 8 rings (SSSR count). The van der Waals surface area contributed by atoms with E-state index in [-0.39, 0.29) is 6.71 Å². The summed E-state index contributed by atoms with van der Waals surface area (Å²) in [7, 11) is 0. The fourth-order valence-corrected chi connectivity index (χ4v) is 6.42. The van der Waals surface area contributed by atoms with Crippen molar-refractivity contribution < 1.29 is 4.74 Å². The van der Waals surface area contributed by atoms with Gasteiger partial charge in [-0.25, -0.2) is 0 Å². The molecule has 0 saturated heterocycles. The first-order valence-corrected chi connectivity index (χ1v) is 14.1. The van der Waals surface area contributed by atoms with E-state index in [0.29, 0.717) is 0 Å². The van der Waals surface area contributed by atoms with Crippen LogP contribution in [-0.4, -0.2) is 6.71 Å². The number of benzene rings is 6. The Morgan fingerprint density at radius 3 is 1.66 bits per heavy atom. The smallest absolute Gasteiger partial charge is 0.252 e. The highest BCUT2D eigenvalue weighted by Gasteiger charge is 2.43. The highest BCUT2D eigenvalue weighted by Crippen LogP contribution is 2.46. The number of para-hydroxylation sites is 4. The predicted octanol–water partition coefficient (Wildman–Crippen LogP) is 7.87. The SMILES string of the molecule is Cc1ccc2c(c1)N(c1ccccc1)c1cc(Oc3ccccc3)cc3c1B2c1ccccc1N3c1ccccc1. The molecular weight excluding hydrogens is 499 g/mol. The monoisotopic (exact) mass is 526 g/mol. The van der Waals surface area contributed by atoms with Gasteiger partial charge in [0.1, 0.15) is 11.5 Å². The van der Waals surface area contributed by atoms with Gasteiger partial charge in [0.2, 0.25) is 0 Å². The van der Waals surface area contributed by atoms with Crippen molar-refractivity contribution in [1.29, 1.82) is 0 Å². The molecule has 0 aliphatic carbocycles. The van der Waals surface area contributed by atoms with Gasteiger partial charge in [-0.3, -0.25) is 0 Å². The zero-order valence-electron chi connectivity index (χ0n) is 22.7. The lowest BCUT2D eigenvalue weighted by Gasteiger charge is -2.44. The number of ether oxygens (including phenoxy) is 1. The minimum absolute atomic E-state index is 0.0949. The first-order valence-electron chi connectivity index (χ1n) is 14.1. The summed E-state index contributed by atoms with van der Waals surface area (Å²) in [5, 5.41) is 0. The minimum Gasteiger partial charge on any atom is -0.457 e. The second-order valence-corrected chi connectivity index (χ2v) is 10.7. The first kappa shape index (κ1) is 23.7. The van der Waals surface area contributed by atoms with Crippen LogP contribution in [0.4, 0.5) is 34.1 Å². The van der Waals surface area contributed by atoms with Crippen LogP contribution in [-0.2, 0) is 0 Å². The molecule has 194 valence electrons.